The molecule has 1 fully saturated rings. The smallest absolute Gasteiger partial charge is 0.314 e. The average Bonchev–Trinajstić information content (AvgIpc) is 2.65. The summed E-state index contributed by atoms with van der Waals surface area (Å²) in [5.74, 6) is -1.27. The van der Waals surface area contributed by atoms with Crippen LogP contribution in [0, 0.1) is 5.82 Å². The largest absolute Gasteiger partial charge is 0.494 e. The zero-order valence-corrected chi connectivity index (χ0v) is 10.9. The summed E-state index contributed by atoms with van der Waals surface area (Å²) in [4.78, 5) is 11.7. The van der Waals surface area contributed by atoms with Gasteiger partial charge in [-0.2, -0.15) is 0 Å². The van der Waals surface area contributed by atoms with E-state index in [2.05, 4.69) is 5.32 Å². The molecule has 19 heavy (non-hydrogen) atoms. The fourth-order valence-electron chi connectivity index (χ4n) is 2.66. The second kappa shape index (κ2) is 5.57. The zero-order chi connectivity index (χ0) is 13.9. The van der Waals surface area contributed by atoms with Gasteiger partial charge in [0, 0.05) is 0 Å². The number of carboxylic acid groups (broad SMARTS) is 1. The number of carbonyl (C=O) groups is 1. The van der Waals surface area contributed by atoms with Crippen molar-refractivity contribution in [2.45, 2.75) is 24.7 Å². The molecule has 4 nitrogen and oxygen atoms in total. The van der Waals surface area contributed by atoms with Crippen molar-refractivity contribution in [1.29, 1.82) is 0 Å². The fourth-order valence-corrected chi connectivity index (χ4v) is 2.66. The quantitative estimate of drug-likeness (QED) is 0.878. The van der Waals surface area contributed by atoms with E-state index in [1.54, 1.807) is 6.07 Å². The monoisotopic (exact) mass is 267 g/mol. The van der Waals surface area contributed by atoms with Crippen molar-refractivity contribution in [1.82, 2.24) is 5.32 Å². The minimum absolute atomic E-state index is 0.135. The van der Waals surface area contributed by atoms with Gasteiger partial charge in [0.05, 0.1) is 12.5 Å². The number of hydrogen-bond acceptors (Lipinski definition) is 3. The Morgan fingerprint density at radius 3 is 2.84 bits per heavy atom. The third-order valence-corrected chi connectivity index (χ3v) is 3.80. The number of benzene rings is 1. The highest BCUT2D eigenvalue weighted by Gasteiger charge is 2.40. The first-order valence-corrected chi connectivity index (χ1v) is 6.38. The van der Waals surface area contributed by atoms with Gasteiger partial charge in [-0.25, -0.2) is 4.39 Å². The van der Waals surface area contributed by atoms with E-state index in [4.69, 9.17) is 4.74 Å². The molecule has 1 aliphatic rings. The molecule has 0 radical (unpaired) electrons. The second-order valence-corrected chi connectivity index (χ2v) is 4.84. The Balaban J connectivity index is 2.43. The predicted octanol–water partition coefficient (Wildman–Crippen LogP) is 1.93. The van der Waals surface area contributed by atoms with Gasteiger partial charge >= 0.3 is 5.97 Å². The lowest BCUT2D eigenvalue weighted by atomic mass is 9.74. The minimum atomic E-state index is -1.00. The number of methoxy groups -OCH3 is 1. The first-order valence-electron chi connectivity index (χ1n) is 6.38. The van der Waals surface area contributed by atoms with E-state index < -0.39 is 17.2 Å². The summed E-state index contributed by atoms with van der Waals surface area (Å²) in [7, 11) is 1.39. The van der Waals surface area contributed by atoms with E-state index in [9.17, 15) is 14.3 Å². The number of halogens is 1. The highest BCUT2D eigenvalue weighted by Crippen LogP contribution is 2.36. The molecular weight excluding hydrogens is 249 g/mol. The van der Waals surface area contributed by atoms with E-state index in [0.717, 1.165) is 13.0 Å². The van der Waals surface area contributed by atoms with Crippen LogP contribution in [0.15, 0.2) is 18.2 Å². The van der Waals surface area contributed by atoms with Crippen LogP contribution >= 0.6 is 0 Å². The third-order valence-electron chi connectivity index (χ3n) is 3.80. The highest BCUT2D eigenvalue weighted by molar-refractivity contribution is 5.81. The molecule has 104 valence electrons. The Morgan fingerprint density at radius 2 is 2.21 bits per heavy atom. The molecule has 1 aromatic carbocycles. The van der Waals surface area contributed by atoms with Crippen LogP contribution in [0.4, 0.5) is 4.39 Å². The SMILES string of the molecule is COc1ccc(C2(C(=O)O)CCCNCC2)cc1F. The Labute approximate surface area is 111 Å². The van der Waals surface area contributed by atoms with Crippen LogP contribution in [0.3, 0.4) is 0 Å². The summed E-state index contributed by atoms with van der Waals surface area (Å²) >= 11 is 0. The van der Waals surface area contributed by atoms with Crippen molar-refractivity contribution in [3.05, 3.63) is 29.6 Å². The molecule has 1 heterocycles. The molecule has 0 saturated carbocycles. The lowest BCUT2D eigenvalue weighted by Crippen LogP contribution is -2.36. The van der Waals surface area contributed by atoms with E-state index in [1.807, 2.05) is 0 Å². The Hall–Kier alpha value is -1.62. The molecule has 1 atom stereocenters. The molecule has 0 bridgehead atoms. The van der Waals surface area contributed by atoms with Crippen molar-refractivity contribution < 1.29 is 19.0 Å². The number of hydrogen-bond donors (Lipinski definition) is 2. The minimum Gasteiger partial charge on any atom is -0.494 e. The third kappa shape index (κ3) is 2.56. The molecular formula is C14H18FNO3. The van der Waals surface area contributed by atoms with Crippen molar-refractivity contribution in [3.8, 4) is 5.75 Å². The van der Waals surface area contributed by atoms with Crippen molar-refractivity contribution in [2.75, 3.05) is 20.2 Å². The van der Waals surface area contributed by atoms with Gasteiger partial charge in [0.2, 0.25) is 0 Å². The maximum Gasteiger partial charge on any atom is 0.314 e. The summed E-state index contributed by atoms with van der Waals surface area (Å²) in [5.41, 5.74) is -0.488. The molecule has 0 spiro atoms. The van der Waals surface area contributed by atoms with Crippen LogP contribution in [0.25, 0.3) is 0 Å². The number of aliphatic carboxylic acids is 1. The molecule has 1 aliphatic heterocycles. The van der Waals surface area contributed by atoms with E-state index >= 15 is 0 Å². The lowest BCUT2D eigenvalue weighted by molar-refractivity contribution is -0.144. The number of rotatable bonds is 3. The van der Waals surface area contributed by atoms with Gasteiger partial charge in [-0.05, 0) is 50.0 Å². The van der Waals surface area contributed by atoms with Gasteiger partial charge in [-0.3, -0.25) is 4.79 Å². The molecule has 1 unspecified atom stereocenters. The van der Waals surface area contributed by atoms with Gasteiger partial charge in [-0.15, -0.1) is 0 Å². The van der Waals surface area contributed by atoms with Gasteiger partial charge in [-0.1, -0.05) is 6.07 Å². The molecule has 1 aromatic rings. The van der Waals surface area contributed by atoms with Gasteiger partial charge < -0.3 is 15.2 Å². The summed E-state index contributed by atoms with van der Waals surface area (Å²) in [5, 5.41) is 12.8. The first-order chi connectivity index (χ1) is 9.10. The van der Waals surface area contributed by atoms with E-state index in [0.29, 0.717) is 24.9 Å². The Kier molecular flexibility index (Phi) is 4.04. The fraction of sp³-hybridized carbons (Fsp3) is 0.500. The predicted molar refractivity (Wildman–Crippen MR) is 69.0 cm³/mol. The van der Waals surface area contributed by atoms with Crippen LogP contribution in [0.5, 0.6) is 5.75 Å². The first kappa shape index (κ1) is 13.8. The molecule has 2 rings (SSSR count). The van der Waals surface area contributed by atoms with Crippen molar-refractivity contribution in [2.24, 2.45) is 0 Å². The Morgan fingerprint density at radius 1 is 1.42 bits per heavy atom. The van der Waals surface area contributed by atoms with Crippen molar-refractivity contribution in [3.63, 3.8) is 0 Å². The lowest BCUT2D eigenvalue weighted by Gasteiger charge is -2.28. The van der Waals surface area contributed by atoms with Gasteiger partial charge in [0.15, 0.2) is 11.6 Å². The maximum atomic E-state index is 13.8. The summed E-state index contributed by atoms with van der Waals surface area (Å²) in [6, 6.07) is 4.44. The molecule has 0 amide bonds. The Bertz CT molecular complexity index is 468. The summed E-state index contributed by atoms with van der Waals surface area (Å²) in [6.45, 7) is 1.42. The van der Waals surface area contributed by atoms with Crippen LogP contribution in [-0.2, 0) is 10.2 Å². The summed E-state index contributed by atoms with van der Waals surface area (Å²) < 4.78 is 18.7. The van der Waals surface area contributed by atoms with Crippen LogP contribution in [0.2, 0.25) is 0 Å². The second-order valence-electron chi connectivity index (χ2n) is 4.84. The van der Waals surface area contributed by atoms with E-state index in [-0.39, 0.29) is 5.75 Å². The van der Waals surface area contributed by atoms with Crippen LogP contribution in [0.1, 0.15) is 24.8 Å². The van der Waals surface area contributed by atoms with Gasteiger partial charge in [0.1, 0.15) is 0 Å². The number of ether oxygens (including phenoxy) is 1. The highest BCUT2D eigenvalue weighted by atomic mass is 19.1. The number of carboxylic acids is 1. The standard InChI is InChI=1S/C14H18FNO3/c1-19-12-4-3-10(9-11(12)15)14(13(17)18)5-2-7-16-8-6-14/h3-4,9,16H,2,5-8H2,1H3,(H,17,18). The van der Waals surface area contributed by atoms with Crippen molar-refractivity contribution >= 4 is 5.97 Å². The molecule has 0 aromatic heterocycles. The molecule has 1 saturated heterocycles. The van der Waals surface area contributed by atoms with Crippen LogP contribution < -0.4 is 10.1 Å². The van der Waals surface area contributed by atoms with E-state index in [1.165, 1.54) is 19.2 Å². The average molecular weight is 267 g/mol. The van der Waals surface area contributed by atoms with Gasteiger partial charge in [0.25, 0.3) is 0 Å². The maximum absolute atomic E-state index is 13.8. The normalized spacial score (nSPS) is 23.7. The topological polar surface area (TPSA) is 58.6 Å². The molecule has 0 aliphatic carbocycles. The van der Waals surface area contributed by atoms with Crippen LogP contribution in [-0.4, -0.2) is 31.3 Å². The number of nitrogens with one attached hydrogen (secondary N) is 1. The molecule has 2 N–H and O–H groups in total. The molecule has 5 heteroatoms. The zero-order valence-electron chi connectivity index (χ0n) is 10.9. The summed E-state index contributed by atoms with van der Waals surface area (Å²) in [6.07, 6.45) is 1.75.